The number of carbonyl (C=O) groups excluding carboxylic acids is 2. The number of anilines is 2. The summed E-state index contributed by atoms with van der Waals surface area (Å²) in [6, 6.07) is 20.9. The van der Waals surface area contributed by atoms with Crippen LogP contribution in [0.2, 0.25) is 0 Å². The number of hydrogen-bond donors (Lipinski definition) is 4. The number of amides is 3. The van der Waals surface area contributed by atoms with E-state index in [2.05, 4.69) is 10.6 Å². The Labute approximate surface area is 161 Å². The number of methoxy groups -OCH3 is 1. The second-order valence-electron chi connectivity index (χ2n) is 5.91. The molecule has 0 heterocycles. The highest BCUT2D eigenvalue weighted by atomic mass is 16.5. The maximum absolute atomic E-state index is 12.1. The summed E-state index contributed by atoms with van der Waals surface area (Å²) in [5.41, 5.74) is 5.00. The molecule has 0 aliphatic carbocycles. The maximum Gasteiger partial charge on any atom is 0.323 e. The van der Waals surface area contributed by atoms with Gasteiger partial charge in [0, 0.05) is 16.9 Å². The third-order valence-corrected chi connectivity index (χ3v) is 4.05. The first kappa shape index (κ1) is 18.9. The molecule has 7 nitrogen and oxygen atoms in total. The number of ether oxygens (including phenoxy) is 1. The van der Waals surface area contributed by atoms with E-state index in [-0.39, 0.29) is 5.56 Å². The van der Waals surface area contributed by atoms with Gasteiger partial charge in [0.1, 0.15) is 5.75 Å². The number of hydrogen-bond acceptors (Lipinski definition) is 4. The molecule has 0 unspecified atom stereocenters. The zero-order valence-corrected chi connectivity index (χ0v) is 15.1. The van der Waals surface area contributed by atoms with Crippen molar-refractivity contribution in [2.75, 3.05) is 17.7 Å². The summed E-state index contributed by atoms with van der Waals surface area (Å²) < 4.78 is 5.24. The molecule has 0 atom stereocenters. The average Bonchev–Trinajstić information content (AvgIpc) is 2.74. The number of benzene rings is 3. The van der Waals surface area contributed by atoms with Crippen LogP contribution in [0.1, 0.15) is 10.4 Å². The predicted molar refractivity (Wildman–Crippen MR) is 107 cm³/mol. The van der Waals surface area contributed by atoms with E-state index < -0.39 is 11.9 Å². The van der Waals surface area contributed by atoms with Crippen LogP contribution < -0.4 is 20.9 Å². The van der Waals surface area contributed by atoms with E-state index in [1.54, 1.807) is 24.7 Å². The molecule has 0 aliphatic rings. The van der Waals surface area contributed by atoms with Crippen LogP contribution in [0, 0.1) is 0 Å². The molecular formula is C21H19N3O4. The maximum atomic E-state index is 12.1. The van der Waals surface area contributed by atoms with E-state index in [1.807, 2.05) is 48.5 Å². The lowest BCUT2D eigenvalue weighted by Gasteiger charge is -2.09. The van der Waals surface area contributed by atoms with Crippen LogP contribution in [0.5, 0.6) is 5.75 Å². The molecule has 7 heteroatoms. The molecule has 28 heavy (non-hydrogen) atoms. The van der Waals surface area contributed by atoms with Crippen molar-refractivity contribution in [1.82, 2.24) is 5.48 Å². The quantitative estimate of drug-likeness (QED) is 0.397. The van der Waals surface area contributed by atoms with Crippen molar-refractivity contribution < 1.29 is 19.5 Å². The van der Waals surface area contributed by atoms with Gasteiger partial charge in [-0.25, -0.2) is 10.3 Å². The zero-order chi connectivity index (χ0) is 19.9. The molecule has 0 saturated carbocycles. The normalized spacial score (nSPS) is 10.1. The first-order valence-corrected chi connectivity index (χ1v) is 8.46. The van der Waals surface area contributed by atoms with Crippen molar-refractivity contribution >= 4 is 23.3 Å². The van der Waals surface area contributed by atoms with Crippen LogP contribution in [-0.2, 0) is 0 Å². The average molecular weight is 377 g/mol. The fraction of sp³-hybridized carbons (Fsp3) is 0.0476. The third kappa shape index (κ3) is 4.66. The van der Waals surface area contributed by atoms with Crippen molar-refractivity contribution in [2.45, 2.75) is 0 Å². The summed E-state index contributed by atoms with van der Waals surface area (Å²) in [4.78, 5) is 23.4. The van der Waals surface area contributed by atoms with Crippen LogP contribution in [0.15, 0.2) is 72.8 Å². The molecule has 0 bridgehead atoms. The second kappa shape index (κ2) is 8.70. The van der Waals surface area contributed by atoms with Crippen molar-refractivity contribution in [3.8, 4) is 16.9 Å². The van der Waals surface area contributed by atoms with Gasteiger partial charge in [0.25, 0.3) is 5.91 Å². The molecular weight excluding hydrogens is 358 g/mol. The third-order valence-electron chi connectivity index (χ3n) is 4.05. The zero-order valence-electron chi connectivity index (χ0n) is 15.1. The van der Waals surface area contributed by atoms with Gasteiger partial charge in [-0.1, -0.05) is 24.3 Å². The highest BCUT2D eigenvalue weighted by Gasteiger charge is 2.06. The van der Waals surface area contributed by atoms with Gasteiger partial charge in [-0.05, 0) is 59.7 Å². The molecule has 3 aromatic carbocycles. The Kier molecular flexibility index (Phi) is 5.88. The Bertz CT molecular complexity index is 970. The van der Waals surface area contributed by atoms with E-state index in [1.165, 1.54) is 12.1 Å². The van der Waals surface area contributed by atoms with Crippen molar-refractivity contribution in [2.24, 2.45) is 0 Å². The second-order valence-corrected chi connectivity index (χ2v) is 5.91. The van der Waals surface area contributed by atoms with Crippen LogP contribution >= 0.6 is 0 Å². The lowest BCUT2D eigenvalue weighted by molar-refractivity contribution is 0.0706. The van der Waals surface area contributed by atoms with Gasteiger partial charge in [0.2, 0.25) is 0 Å². The molecule has 3 aromatic rings. The van der Waals surface area contributed by atoms with Gasteiger partial charge in [0.15, 0.2) is 0 Å². The molecule has 4 N–H and O–H groups in total. The molecule has 0 saturated heterocycles. The SMILES string of the molecule is COc1cccc(-c2ccc(NC(=O)Nc3ccc(C(=O)NO)cc3)cc2)c1. The van der Waals surface area contributed by atoms with Gasteiger partial charge < -0.3 is 15.4 Å². The van der Waals surface area contributed by atoms with Gasteiger partial charge in [-0.2, -0.15) is 0 Å². The Hall–Kier alpha value is -3.84. The molecule has 0 radical (unpaired) electrons. The fourth-order valence-corrected chi connectivity index (χ4v) is 2.61. The topological polar surface area (TPSA) is 99.7 Å². The molecule has 0 aliphatic heterocycles. The first-order valence-electron chi connectivity index (χ1n) is 8.46. The molecule has 3 rings (SSSR count). The summed E-state index contributed by atoms with van der Waals surface area (Å²) >= 11 is 0. The highest BCUT2D eigenvalue weighted by molar-refractivity contribution is 6.00. The van der Waals surface area contributed by atoms with E-state index in [4.69, 9.17) is 9.94 Å². The van der Waals surface area contributed by atoms with Crippen LogP contribution in [0.25, 0.3) is 11.1 Å². The highest BCUT2D eigenvalue weighted by Crippen LogP contribution is 2.25. The van der Waals surface area contributed by atoms with Gasteiger partial charge in [-0.3, -0.25) is 10.0 Å². The molecule has 142 valence electrons. The largest absolute Gasteiger partial charge is 0.497 e. The summed E-state index contributed by atoms with van der Waals surface area (Å²) in [5, 5.41) is 14.0. The minimum atomic E-state index is -0.618. The van der Waals surface area contributed by atoms with Crippen molar-refractivity contribution in [3.05, 3.63) is 78.4 Å². The minimum Gasteiger partial charge on any atom is -0.497 e. The van der Waals surface area contributed by atoms with Crippen molar-refractivity contribution in [3.63, 3.8) is 0 Å². The summed E-state index contributed by atoms with van der Waals surface area (Å²) in [6.07, 6.45) is 0. The minimum absolute atomic E-state index is 0.279. The van der Waals surface area contributed by atoms with Crippen LogP contribution in [-0.4, -0.2) is 24.3 Å². The van der Waals surface area contributed by atoms with E-state index in [0.29, 0.717) is 11.4 Å². The monoisotopic (exact) mass is 377 g/mol. The Morgan fingerprint density at radius 3 is 2.00 bits per heavy atom. The lowest BCUT2D eigenvalue weighted by Crippen LogP contribution is -2.20. The lowest BCUT2D eigenvalue weighted by atomic mass is 10.1. The van der Waals surface area contributed by atoms with Crippen LogP contribution in [0.3, 0.4) is 0 Å². The number of rotatable bonds is 5. The fourth-order valence-electron chi connectivity index (χ4n) is 2.61. The Balaban J connectivity index is 1.62. The van der Waals surface area contributed by atoms with Gasteiger partial charge >= 0.3 is 6.03 Å². The van der Waals surface area contributed by atoms with Crippen LogP contribution in [0.4, 0.5) is 16.2 Å². The standard InChI is InChI=1S/C21H19N3O4/c1-28-19-4-2-3-16(13-19)14-5-9-17(10-6-14)22-21(26)23-18-11-7-15(8-12-18)20(25)24-27/h2-13,27H,1H3,(H,24,25)(H2,22,23,26). The summed E-state index contributed by atoms with van der Waals surface area (Å²) in [6.45, 7) is 0. The van der Waals surface area contributed by atoms with E-state index >= 15 is 0 Å². The number of urea groups is 1. The predicted octanol–water partition coefficient (Wildman–Crippen LogP) is 4.13. The first-order chi connectivity index (χ1) is 13.6. The number of hydroxylamine groups is 1. The summed E-state index contributed by atoms with van der Waals surface area (Å²) in [5.74, 6) is 0.161. The Morgan fingerprint density at radius 2 is 1.43 bits per heavy atom. The smallest absolute Gasteiger partial charge is 0.323 e. The summed E-state index contributed by atoms with van der Waals surface area (Å²) in [7, 11) is 1.62. The molecule has 0 spiro atoms. The Morgan fingerprint density at radius 1 is 0.821 bits per heavy atom. The van der Waals surface area contributed by atoms with Crippen molar-refractivity contribution in [1.29, 1.82) is 0 Å². The van der Waals surface area contributed by atoms with E-state index in [9.17, 15) is 9.59 Å². The number of nitrogens with one attached hydrogen (secondary N) is 3. The van der Waals surface area contributed by atoms with Gasteiger partial charge in [0.05, 0.1) is 7.11 Å². The number of carbonyl (C=O) groups is 2. The molecule has 3 amide bonds. The van der Waals surface area contributed by atoms with E-state index in [0.717, 1.165) is 16.9 Å². The molecule has 0 fully saturated rings. The molecule has 0 aromatic heterocycles. The van der Waals surface area contributed by atoms with Gasteiger partial charge in [-0.15, -0.1) is 0 Å².